The quantitative estimate of drug-likeness (QED) is 0.599. The Kier molecular flexibility index (Phi) is 4.71. The van der Waals surface area contributed by atoms with E-state index in [4.69, 9.17) is 4.74 Å². The van der Waals surface area contributed by atoms with Crippen LogP contribution in [0.5, 0.6) is 0 Å². The largest absolute Gasteiger partial charge is 0.465 e. The standard InChI is InChI=1S/C16H17NO3/c1-2-20-16(19)12-17-9-8-14(11-17)15(18)10-13-6-4-3-5-7-13/h3-9,11H,2,10,12H2,1H3. The SMILES string of the molecule is CCOC(=O)Cn1ccc(C(=O)Cc2ccccc2)c1. The molecule has 2 rings (SSSR count). The monoisotopic (exact) mass is 271 g/mol. The number of rotatable bonds is 6. The molecule has 0 saturated carbocycles. The number of ether oxygens (including phenoxy) is 1. The molecule has 20 heavy (non-hydrogen) atoms. The summed E-state index contributed by atoms with van der Waals surface area (Å²) in [7, 11) is 0. The summed E-state index contributed by atoms with van der Waals surface area (Å²) in [6.07, 6.45) is 3.77. The van der Waals surface area contributed by atoms with Crippen molar-refractivity contribution < 1.29 is 14.3 Å². The molecule has 1 heterocycles. The molecular weight excluding hydrogens is 254 g/mol. The van der Waals surface area contributed by atoms with Gasteiger partial charge in [-0.2, -0.15) is 0 Å². The number of Topliss-reactive ketones (excluding diaryl/α,β-unsaturated/α-hetero) is 1. The lowest BCUT2D eigenvalue weighted by Crippen LogP contribution is -2.12. The van der Waals surface area contributed by atoms with E-state index in [1.54, 1.807) is 30.0 Å². The predicted octanol–water partition coefficient (Wildman–Crippen LogP) is 2.48. The van der Waals surface area contributed by atoms with Crippen LogP contribution in [0.2, 0.25) is 0 Å². The average Bonchev–Trinajstić information content (AvgIpc) is 2.88. The number of nitrogens with zero attached hydrogens (tertiary/aromatic N) is 1. The number of carbonyl (C=O) groups is 2. The van der Waals surface area contributed by atoms with Gasteiger partial charge in [-0.05, 0) is 18.6 Å². The van der Waals surface area contributed by atoms with Gasteiger partial charge in [-0.3, -0.25) is 9.59 Å². The second kappa shape index (κ2) is 6.70. The molecule has 1 aromatic heterocycles. The van der Waals surface area contributed by atoms with Crippen molar-refractivity contribution in [1.82, 2.24) is 4.57 Å². The fraction of sp³-hybridized carbons (Fsp3) is 0.250. The fourth-order valence-electron chi connectivity index (χ4n) is 1.94. The van der Waals surface area contributed by atoms with E-state index in [0.717, 1.165) is 5.56 Å². The molecule has 104 valence electrons. The highest BCUT2D eigenvalue weighted by atomic mass is 16.5. The highest BCUT2D eigenvalue weighted by Gasteiger charge is 2.10. The Morgan fingerprint density at radius 1 is 1.15 bits per heavy atom. The zero-order valence-corrected chi connectivity index (χ0v) is 11.4. The zero-order chi connectivity index (χ0) is 14.4. The number of hydrogen-bond donors (Lipinski definition) is 0. The molecule has 0 saturated heterocycles. The molecule has 0 aliphatic heterocycles. The fourth-order valence-corrected chi connectivity index (χ4v) is 1.94. The van der Waals surface area contributed by atoms with Crippen LogP contribution in [0.3, 0.4) is 0 Å². The normalized spacial score (nSPS) is 10.2. The van der Waals surface area contributed by atoms with E-state index in [9.17, 15) is 9.59 Å². The van der Waals surface area contributed by atoms with Gasteiger partial charge in [-0.15, -0.1) is 0 Å². The number of esters is 1. The summed E-state index contributed by atoms with van der Waals surface area (Å²) >= 11 is 0. The van der Waals surface area contributed by atoms with Crippen molar-refractivity contribution in [1.29, 1.82) is 0 Å². The van der Waals surface area contributed by atoms with Gasteiger partial charge >= 0.3 is 5.97 Å². The number of benzene rings is 1. The molecule has 0 N–H and O–H groups in total. The van der Waals surface area contributed by atoms with Crippen molar-refractivity contribution in [2.45, 2.75) is 19.9 Å². The lowest BCUT2D eigenvalue weighted by Gasteiger charge is -2.02. The first-order chi connectivity index (χ1) is 9.69. The van der Waals surface area contributed by atoms with E-state index in [2.05, 4.69) is 0 Å². The predicted molar refractivity (Wildman–Crippen MR) is 75.5 cm³/mol. The van der Waals surface area contributed by atoms with Crippen molar-refractivity contribution in [3.63, 3.8) is 0 Å². The van der Waals surface area contributed by atoms with Gasteiger partial charge in [0.25, 0.3) is 0 Å². The van der Waals surface area contributed by atoms with Crippen molar-refractivity contribution in [2.75, 3.05) is 6.61 Å². The van der Waals surface area contributed by atoms with Crippen LogP contribution in [0, 0.1) is 0 Å². The molecular formula is C16H17NO3. The Morgan fingerprint density at radius 2 is 1.90 bits per heavy atom. The smallest absolute Gasteiger partial charge is 0.325 e. The molecule has 0 aliphatic rings. The maximum Gasteiger partial charge on any atom is 0.325 e. The lowest BCUT2D eigenvalue weighted by atomic mass is 10.1. The second-order valence-electron chi connectivity index (χ2n) is 4.46. The van der Waals surface area contributed by atoms with Crippen LogP contribution in [0.25, 0.3) is 0 Å². The number of hydrogen-bond acceptors (Lipinski definition) is 3. The van der Waals surface area contributed by atoms with E-state index < -0.39 is 0 Å². The van der Waals surface area contributed by atoms with Crippen LogP contribution in [-0.2, 0) is 22.5 Å². The van der Waals surface area contributed by atoms with Crippen LogP contribution in [-0.4, -0.2) is 22.9 Å². The van der Waals surface area contributed by atoms with Crippen LogP contribution >= 0.6 is 0 Å². The van der Waals surface area contributed by atoms with Crippen LogP contribution in [0.1, 0.15) is 22.8 Å². The van der Waals surface area contributed by atoms with Gasteiger partial charge in [0.15, 0.2) is 5.78 Å². The molecule has 0 unspecified atom stereocenters. The molecule has 4 heteroatoms. The molecule has 0 radical (unpaired) electrons. The Balaban J connectivity index is 1.98. The van der Waals surface area contributed by atoms with Gasteiger partial charge in [0, 0.05) is 24.4 Å². The van der Waals surface area contributed by atoms with Crippen LogP contribution in [0.15, 0.2) is 48.8 Å². The third-order valence-corrected chi connectivity index (χ3v) is 2.90. The van der Waals surface area contributed by atoms with Gasteiger partial charge < -0.3 is 9.30 Å². The van der Waals surface area contributed by atoms with Crippen LogP contribution < -0.4 is 0 Å². The van der Waals surface area contributed by atoms with Crippen molar-refractivity contribution in [3.05, 3.63) is 59.9 Å². The minimum absolute atomic E-state index is 0.0406. The van der Waals surface area contributed by atoms with Gasteiger partial charge in [-0.1, -0.05) is 30.3 Å². The molecule has 0 atom stereocenters. The topological polar surface area (TPSA) is 48.3 Å². The molecule has 0 fully saturated rings. The Labute approximate surface area is 118 Å². The van der Waals surface area contributed by atoms with Gasteiger partial charge in [0.2, 0.25) is 0 Å². The summed E-state index contributed by atoms with van der Waals surface area (Å²) in [6.45, 7) is 2.26. The lowest BCUT2D eigenvalue weighted by molar-refractivity contribution is -0.143. The third-order valence-electron chi connectivity index (χ3n) is 2.90. The molecule has 1 aromatic carbocycles. The van der Waals surface area contributed by atoms with E-state index in [-0.39, 0.29) is 18.3 Å². The minimum atomic E-state index is -0.301. The summed E-state index contributed by atoms with van der Waals surface area (Å²) in [5.41, 5.74) is 1.59. The summed E-state index contributed by atoms with van der Waals surface area (Å²) < 4.78 is 6.53. The Bertz CT molecular complexity index is 587. The van der Waals surface area contributed by atoms with Gasteiger partial charge in [0.05, 0.1) is 6.61 Å². The molecule has 4 nitrogen and oxygen atoms in total. The molecule has 0 bridgehead atoms. The number of ketones is 1. The Hall–Kier alpha value is -2.36. The summed E-state index contributed by atoms with van der Waals surface area (Å²) in [6, 6.07) is 11.3. The molecule has 2 aromatic rings. The summed E-state index contributed by atoms with van der Waals surface area (Å²) in [5.74, 6) is -0.260. The van der Waals surface area contributed by atoms with Crippen LogP contribution in [0.4, 0.5) is 0 Å². The third kappa shape index (κ3) is 3.82. The first-order valence-electron chi connectivity index (χ1n) is 6.57. The van der Waals surface area contributed by atoms with E-state index in [0.29, 0.717) is 18.6 Å². The van der Waals surface area contributed by atoms with E-state index in [1.807, 2.05) is 30.3 Å². The molecule has 0 amide bonds. The number of carbonyl (C=O) groups excluding carboxylic acids is 2. The molecule has 0 spiro atoms. The minimum Gasteiger partial charge on any atom is -0.465 e. The summed E-state index contributed by atoms with van der Waals surface area (Å²) in [4.78, 5) is 23.5. The average molecular weight is 271 g/mol. The van der Waals surface area contributed by atoms with E-state index in [1.165, 1.54) is 0 Å². The zero-order valence-electron chi connectivity index (χ0n) is 11.4. The maximum atomic E-state index is 12.1. The highest BCUT2D eigenvalue weighted by Crippen LogP contribution is 2.08. The first kappa shape index (κ1) is 14.1. The van der Waals surface area contributed by atoms with Gasteiger partial charge in [0.1, 0.15) is 6.54 Å². The second-order valence-corrected chi connectivity index (χ2v) is 4.46. The first-order valence-corrected chi connectivity index (χ1v) is 6.57. The molecule has 0 aliphatic carbocycles. The Morgan fingerprint density at radius 3 is 2.60 bits per heavy atom. The van der Waals surface area contributed by atoms with Crippen molar-refractivity contribution >= 4 is 11.8 Å². The maximum absolute atomic E-state index is 12.1. The summed E-state index contributed by atoms with van der Waals surface area (Å²) in [5, 5.41) is 0. The number of aromatic nitrogens is 1. The van der Waals surface area contributed by atoms with Crippen molar-refractivity contribution in [3.8, 4) is 0 Å². The van der Waals surface area contributed by atoms with E-state index >= 15 is 0 Å². The van der Waals surface area contributed by atoms with Gasteiger partial charge in [-0.25, -0.2) is 0 Å². The highest BCUT2D eigenvalue weighted by molar-refractivity contribution is 5.97. The van der Waals surface area contributed by atoms with Crippen molar-refractivity contribution in [2.24, 2.45) is 0 Å².